The Kier molecular flexibility index (Phi) is 2.30. The molecule has 0 saturated heterocycles. The van der Waals surface area contributed by atoms with Crippen LogP contribution in [0.2, 0.25) is 0 Å². The lowest BCUT2D eigenvalue weighted by molar-refractivity contribution is 0.0690. The van der Waals surface area contributed by atoms with Crippen LogP contribution in [0.15, 0.2) is 12.1 Å². The van der Waals surface area contributed by atoms with Crippen LogP contribution in [0.5, 0.6) is 11.5 Å². The fourth-order valence-corrected chi connectivity index (χ4v) is 1.90. The van der Waals surface area contributed by atoms with Gasteiger partial charge in [-0.2, -0.15) is 0 Å². The van der Waals surface area contributed by atoms with E-state index in [2.05, 4.69) is 0 Å². The van der Waals surface area contributed by atoms with Gasteiger partial charge in [0.1, 0.15) is 22.7 Å². The van der Waals surface area contributed by atoms with Gasteiger partial charge in [0.25, 0.3) is 0 Å². The van der Waals surface area contributed by atoms with Crippen molar-refractivity contribution in [3.05, 3.63) is 23.3 Å². The molecule has 0 unspecified atom stereocenters. The number of hydrogen-bond donors (Lipinski definition) is 2. The van der Waals surface area contributed by atoms with Crippen LogP contribution in [0.3, 0.4) is 0 Å². The van der Waals surface area contributed by atoms with E-state index in [1.807, 2.05) is 13.8 Å². The van der Waals surface area contributed by atoms with Crippen molar-refractivity contribution in [2.75, 3.05) is 0 Å². The van der Waals surface area contributed by atoms with Crippen LogP contribution in [0.4, 0.5) is 0 Å². The molecule has 1 aliphatic rings. The zero-order chi connectivity index (χ0) is 11.9. The molecule has 0 radical (unpaired) electrons. The minimum atomic E-state index is -1.12. The largest absolute Gasteiger partial charge is 0.507 e. The Bertz CT molecular complexity index is 449. The van der Waals surface area contributed by atoms with Crippen LogP contribution >= 0.6 is 0 Å². The molecule has 0 spiro atoms. The van der Waals surface area contributed by atoms with E-state index in [4.69, 9.17) is 9.84 Å². The summed E-state index contributed by atoms with van der Waals surface area (Å²) in [6.07, 6.45) is 1.39. The van der Waals surface area contributed by atoms with Crippen LogP contribution in [-0.4, -0.2) is 21.8 Å². The van der Waals surface area contributed by atoms with Crippen LogP contribution in [-0.2, 0) is 6.42 Å². The highest BCUT2D eigenvalue weighted by atomic mass is 16.5. The number of hydrogen-bond acceptors (Lipinski definition) is 3. The molecule has 4 nitrogen and oxygen atoms in total. The molecule has 0 aliphatic carbocycles. The summed E-state index contributed by atoms with van der Waals surface area (Å²) >= 11 is 0. The van der Waals surface area contributed by atoms with Gasteiger partial charge in [0.2, 0.25) is 0 Å². The fraction of sp³-hybridized carbons (Fsp3) is 0.417. The van der Waals surface area contributed by atoms with E-state index >= 15 is 0 Å². The summed E-state index contributed by atoms with van der Waals surface area (Å²) in [6.45, 7) is 3.94. The van der Waals surface area contributed by atoms with E-state index in [9.17, 15) is 9.90 Å². The number of carbonyl (C=O) groups is 1. The number of carboxylic acids is 1. The van der Waals surface area contributed by atoms with Crippen molar-refractivity contribution in [3.8, 4) is 11.5 Å². The molecule has 0 saturated carbocycles. The predicted octanol–water partition coefficient (Wildman–Crippen LogP) is 2.19. The summed E-state index contributed by atoms with van der Waals surface area (Å²) in [6, 6.07) is 2.98. The highest BCUT2D eigenvalue weighted by Gasteiger charge is 2.29. The third kappa shape index (κ3) is 1.71. The molecule has 1 aromatic carbocycles. The first-order chi connectivity index (χ1) is 7.41. The highest BCUT2D eigenvalue weighted by molar-refractivity contribution is 5.91. The third-order valence-corrected chi connectivity index (χ3v) is 2.83. The second-order valence-electron chi connectivity index (χ2n) is 4.61. The first-order valence-electron chi connectivity index (χ1n) is 5.18. The number of aromatic hydroxyl groups is 1. The summed E-state index contributed by atoms with van der Waals surface area (Å²) in [5, 5.41) is 18.7. The Labute approximate surface area is 93.5 Å². The average Bonchev–Trinajstić information content (AvgIpc) is 2.15. The lowest BCUT2D eigenvalue weighted by Gasteiger charge is -2.33. The molecule has 0 aromatic heterocycles. The van der Waals surface area contributed by atoms with E-state index in [0.717, 1.165) is 6.42 Å². The van der Waals surface area contributed by atoms with E-state index in [-0.39, 0.29) is 16.9 Å². The van der Waals surface area contributed by atoms with E-state index in [1.54, 1.807) is 6.07 Å². The number of rotatable bonds is 1. The maximum Gasteiger partial charge on any atom is 0.339 e. The molecule has 1 heterocycles. The zero-order valence-electron chi connectivity index (χ0n) is 9.28. The van der Waals surface area contributed by atoms with Crippen molar-refractivity contribution in [1.82, 2.24) is 0 Å². The molecular formula is C12H14O4. The van der Waals surface area contributed by atoms with E-state index in [0.29, 0.717) is 17.7 Å². The van der Waals surface area contributed by atoms with Gasteiger partial charge in [0.05, 0.1) is 0 Å². The van der Waals surface area contributed by atoms with Gasteiger partial charge in [-0.3, -0.25) is 0 Å². The van der Waals surface area contributed by atoms with Gasteiger partial charge in [-0.15, -0.1) is 0 Å². The predicted molar refractivity (Wildman–Crippen MR) is 58.1 cm³/mol. The molecule has 1 aliphatic heterocycles. The molecule has 0 fully saturated rings. The number of aromatic carboxylic acids is 1. The molecular weight excluding hydrogens is 208 g/mol. The second kappa shape index (κ2) is 3.40. The molecule has 1 aromatic rings. The molecule has 86 valence electrons. The highest BCUT2D eigenvalue weighted by Crippen LogP contribution is 2.39. The fourth-order valence-electron chi connectivity index (χ4n) is 1.90. The maximum absolute atomic E-state index is 10.8. The first kappa shape index (κ1) is 10.8. The molecule has 16 heavy (non-hydrogen) atoms. The van der Waals surface area contributed by atoms with Crippen molar-refractivity contribution in [3.63, 3.8) is 0 Å². The maximum atomic E-state index is 10.8. The second-order valence-corrected chi connectivity index (χ2v) is 4.61. The topological polar surface area (TPSA) is 66.8 Å². The van der Waals surface area contributed by atoms with Crippen LogP contribution < -0.4 is 4.74 Å². The Hall–Kier alpha value is -1.71. The average molecular weight is 222 g/mol. The number of carboxylic acid groups (broad SMARTS) is 1. The van der Waals surface area contributed by atoms with E-state index in [1.165, 1.54) is 6.07 Å². The monoisotopic (exact) mass is 222 g/mol. The van der Waals surface area contributed by atoms with Gasteiger partial charge in [0.15, 0.2) is 0 Å². The van der Waals surface area contributed by atoms with Gasteiger partial charge < -0.3 is 14.9 Å². The van der Waals surface area contributed by atoms with Gasteiger partial charge in [0, 0.05) is 5.56 Å². The number of benzene rings is 1. The van der Waals surface area contributed by atoms with Crippen LogP contribution in [0, 0.1) is 0 Å². The van der Waals surface area contributed by atoms with Crippen LogP contribution in [0.25, 0.3) is 0 Å². The summed E-state index contributed by atoms with van der Waals surface area (Å²) in [7, 11) is 0. The van der Waals surface area contributed by atoms with Crippen molar-refractivity contribution >= 4 is 5.97 Å². The zero-order valence-corrected chi connectivity index (χ0v) is 9.28. The van der Waals surface area contributed by atoms with Gasteiger partial charge in [-0.25, -0.2) is 4.79 Å². The minimum Gasteiger partial charge on any atom is -0.507 e. The number of ether oxygens (including phenoxy) is 1. The minimum absolute atomic E-state index is 0.0675. The van der Waals surface area contributed by atoms with Crippen molar-refractivity contribution in [1.29, 1.82) is 0 Å². The summed E-state index contributed by atoms with van der Waals surface area (Å²) in [5.41, 5.74) is 0.269. The SMILES string of the molecule is CC1(C)CCc2c(ccc(C(=O)O)c2O)O1. The standard InChI is InChI=1S/C12H14O4/c1-12(2)6-5-7-9(16-12)4-3-8(10(7)13)11(14)15/h3-4,13H,5-6H2,1-2H3,(H,14,15). The normalized spacial score (nSPS) is 17.4. The molecule has 2 N–H and O–H groups in total. The molecule has 4 heteroatoms. The smallest absolute Gasteiger partial charge is 0.339 e. The van der Waals surface area contributed by atoms with E-state index < -0.39 is 5.97 Å². The Morgan fingerprint density at radius 3 is 2.75 bits per heavy atom. The molecule has 2 rings (SSSR count). The number of fused-ring (bicyclic) bond motifs is 1. The van der Waals surface area contributed by atoms with Crippen molar-refractivity contribution in [2.45, 2.75) is 32.3 Å². The van der Waals surface area contributed by atoms with Crippen molar-refractivity contribution in [2.24, 2.45) is 0 Å². The quantitative estimate of drug-likeness (QED) is 0.764. The summed E-state index contributed by atoms with van der Waals surface area (Å²) in [5.74, 6) is -0.704. The molecule has 0 bridgehead atoms. The lowest BCUT2D eigenvalue weighted by Crippen LogP contribution is -2.32. The lowest BCUT2D eigenvalue weighted by atomic mass is 9.92. The Balaban J connectivity index is 2.49. The molecule has 0 atom stereocenters. The summed E-state index contributed by atoms with van der Waals surface area (Å²) < 4.78 is 5.68. The van der Waals surface area contributed by atoms with Gasteiger partial charge in [-0.05, 0) is 38.8 Å². The Morgan fingerprint density at radius 2 is 2.12 bits per heavy atom. The summed E-state index contributed by atoms with van der Waals surface area (Å²) in [4.78, 5) is 10.8. The van der Waals surface area contributed by atoms with Gasteiger partial charge >= 0.3 is 5.97 Å². The number of phenols is 1. The van der Waals surface area contributed by atoms with Crippen LogP contribution in [0.1, 0.15) is 36.2 Å². The Morgan fingerprint density at radius 1 is 1.44 bits per heavy atom. The first-order valence-corrected chi connectivity index (χ1v) is 5.18. The molecule has 0 amide bonds. The van der Waals surface area contributed by atoms with Crippen molar-refractivity contribution < 1.29 is 19.7 Å². The third-order valence-electron chi connectivity index (χ3n) is 2.83. The van der Waals surface area contributed by atoms with Gasteiger partial charge in [-0.1, -0.05) is 0 Å².